The standard InChI is InChI=1S/C12H17N3O2/c1-8(7-13)4-5-14-9-2-3-11-10(6-9)15-12(16)17-11/h2-3,6,8,14H,4-5,7,13H2,1H3,(H,15,16). The summed E-state index contributed by atoms with van der Waals surface area (Å²) in [5.41, 5.74) is 7.81. The Morgan fingerprint density at radius 1 is 1.53 bits per heavy atom. The van der Waals surface area contributed by atoms with Crippen LogP contribution in [0.15, 0.2) is 27.4 Å². The molecule has 0 radical (unpaired) electrons. The molecule has 17 heavy (non-hydrogen) atoms. The molecule has 0 saturated heterocycles. The third-order valence-electron chi connectivity index (χ3n) is 2.79. The normalized spacial score (nSPS) is 12.8. The molecule has 1 aromatic heterocycles. The lowest BCUT2D eigenvalue weighted by Gasteiger charge is -2.10. The van der Waals surface area contributed by atoms with Gasteiger partial charge in [-0.1, -0.05) is 6.92 Å². The summed E-state index contributed by atoms with van der Waals surface area (Å²) in [5, 5.41) is 3.29. The van der Waals surface area contributed by atoms with Gasteiger partial charge in [-0.05, 0) is 37.1 Å². The molecule has 1 heterocycles. The summed E-state index contributed by atoms with van der Waals surface area (Å²) < 4.78 is 4.93. The number of nitrogens with two attached hydrogens (primary N) is 1. The molecule has 0 aliphatic heterocycles. The van der Waals surface area contributed by atoms with Crippen LogP contribution in [0.3, 0.4) is 0 Å². The van der Waals surface area contributed by atoms with Crippen LogP contribution in [0, 0.1) is 5.92 Å². The average Bonchev–Trinajstić information content (AvgIpc) is 2.68. The molecule has 0 aliphatic carbocycles. The van der Waals surface area contributed by atoms with Crippen molar-refractivity contribution in [3.63, 3.8) is 0 Å². The number of oxazole rings is 1. The molecule has 2 rings (SSSR count). The minimum atomic E-state index is -0.422. The molecule has 5 nitrogen and oxygen atoms in total. The maximum atomic E-state index is 11.0. The van der Waals surface area contributed by atoms with Crippen molar-refractivity contribution in [1.82, 2.24) is 4.98 Å². The lowest BCUT2D eigenvalue weighted by Crippen LogP contribution is -2.14. The zero-order valence-corrected chi connectivity index (χ0v) is 9.82. The van der Waals surface area contributed by atoms with E-state index in [-0.39, 0.29) is 0 Å². The predicted octanol–water partition coefficient (Wildman–Crippen LogP) is 1.52. The van der Waals surface area contributed by atoms with E-state index in [1.165, 1.54) is 0 Å². The summed E-state index contributed by atoms with van der Waals surface area (Å²) in [6.45, 7) is 3.69. The molecule has 0 amide bonds. The number of fused-ring (bicyclic) bond motifs is 1. The van der Waals surface area contributed by atoms with Gasteiger partial charge in [0.25, 0.3) is 0 Å². The molecule has 0 fully saturated rings. The SMILES string of the molecule is CC(CN)CCNc1ccc2oc(=O)[nH]c2c1. The molecule has 92 valence electrons. The molecule has 4 N–H and O–H groups in total. The van der Waals surface area contributed by atoms with E-state index < -0.39 is 5.76 Å². The second-order valence-electron chi connectivity index (χ2n) is 4.28. The summed E-state index contributed by atoms with van der Waals surface area (Å²) in [6, 6.07) is 5.54. The van der Waals surface area contributed by atoms with E-state index in [0.717, 1.165) is 18.7 Å². The van der Waals surface area contributed by atoms with Crippen molar-refractivity contribution in [2.24, 2.45) is 11.7 Å². The van der Waals surface area contributed by atoms with Crippen LogP contribution in [-0.4, -0.2) is 18.1 Å². The Morgan fingerprint density at radius 2 is 2.35 bits per heavy atom. The minimum Gasteiger partial charge on any atom is -0.408 e. The minimum absolute atomic E-state index is 0.422. The third kappa shape index (κ3) is 2.88. The first-order chi connectivity index (χ1) is 8.19. The Balaban J connectivity index is 2.01. The van der Waals surface area contributed by atoms with Gasteiger partial charge in [0.05, 0.1) is 5.52 Å². The smallest absolute Gasteiger partial charge is 0.408 e. The summed E-state index contributed by atoms with van der Waals surface area (Å²) in [7, 11) is 0. The van der Waals surface area contributed by atoms with Gasteiger partial charge in [-0.15, -0.1) is 0 Å². The number of hydrogen-bond donors (Lipinski definition) is 3. The summed E-state index contributed by atoms with van der Waals surface area (Å²) in [6.07, 6.45) is 1.02. The molecule has 2 aromatic rings. The lowest BCUT2D eigenvalue weighted by molar-refractivity contribution is 0.555. The highest BCUT2D eigenvalue weighted by Gasteiger charge is 2.02. The summed E-state index contributed by atoms with van der Waals surface area (Å²) in [5.74, 6) is 0.0915. The number of rotatable bonds is 5. The van der Waals surface area contributed by atoms with Gasteiger partial charge in [0.15, 0.2) is 5.58 Å². The third-order valence-corrected chi connectivity index (χ3v) is 2.79. The van der Waals surface area contributed by atoms with Crippen molar-refractivity contribution in [3.05, 3.63) is 28.7 Å². The van der Waals surface area contributed by atoms with Gasteiger partial charge in [-0.25, -0.2) is 4.79 Å². The second-order valence-corrected chi connectivity index (χ2v) is 4.28. The monoisotopic (exact) mass is 235 g/mol. The van der Waals surface area contributed by atoms with Crippen molar-refractivity contribution in [1.29, 1.82) is 0 Å². The molecule has 0 spiro atoms. The highest BCUT2D eigenvalue weighted by atomic mass is 16.4. The van der Waals surface area contributed by atoms with Gasteiger partial charge in [-0.3, -0.25) is 4.98 Å². The first-order valence-corrected chi connectivity index (χ1v) is 5.76. The van der Waals surface area contributed by atoms with Gasteiger partial charge in [-0.2, -0.15) is 0 Å². The molecule has 1 unspecified atom stereocenters. The lowest BCUT2D eigenvalue weighted by atomic mass is 10.1. The van der Waals surface area contributed by atoms with Crippen molar-refractivity contribution in [3.8, 4) is 0 Å². The zero-order valence-electron chi connectivity index (χ0n) is 9.82. The van der Waals surface area contributed by atoms with Gasteiger partial charge in [0.2, 0.25) is 0 Å². The van der Waals surface area contributed by atoms with E-state index in [1.807, 2.05) is 12.1 Å². The van der Waals surface area contributed by atoms with Crippen LogP contribution in [0.1, 0.15) is 13.3 Å². The molecule has 0 saturated carbocycles. The van der Waals surface area contributed by atoms with Crippen molar-refractivity contribution >= 4 is 16.8 Å². The number of hydrogen-bond acceptors (Lipinski definition) is 4. The Bertz CT molecular complexity index is 544. The van der Waals surface area contributed by atoms with E-state index in [0.29, 0.717) is 23.6 Å². The van der Waals surface area contributed by atoms with Crippen LogP contribution >= 0.6 is 0 Å². The number of nitrogens with one attached hydrogen (secondary N) is 2. The van der Waals surface area contributed by atoms with Crippen LogP contribution in [0.4, 0.5) is 5.69 Å². The van der Waals surface area contributed by atoms with Crippen LogP contribution in [0.2, 0.25) is 0 Å². The van der Waals surface area contributed by atoms with E-state index >= 15 is 0 Å². The number of anilines is 1. The highest BCUT2D eigenvalue weighted by Crippen LogP contribution is 2.16. The quantitative estimate of drug-likeness (QED) is 0.733. The maximum Gasteiger partial charge on any atom is 0.417 e. The van der Waals surface area contributed by atoms with Crippen molar-refractivity contribution in [2.75, 3.05) is 18.4 Å². The van der Waals surface area contributed by atoms with Gasteiger partial charge >= 0.3 is 5.76 Å². The Hall–Kier alpha value is -1.75. The Labute approximate surface area is 99.0 Å². The molecular formula is C12H17N3O2. The largest absolute Gasteiger partial charge is 0.417 e. The topological polar surface area (TPSA) is 84.0 Å². The van der Waals surface area contributed by atoms with Crippen LogP contribution in [0.5, 0.6) is 0 Å². The summed E-state index contributed by atoms with van der Waals surface area (Å²) in [4.78, 5) is 13.6. The zero-order chi connectivity index (χ0) is 12.3. The van der Waals surface area contributed by atoms with Crippen molar-refractivity contribution < 1.29 is 4.42 Å². The van der Waals surface area contributed by atoms with E-state index in [4.69, 9.17) is 10.2 Å². The number of benzene rings is 1. The molecule has 0 bridgehead atoms. The fraction of sp³-hybridized carbons (Fsp3) is 0.417. The molecule has 1 aromatic carbocycles. The number of aromatic nitrogens is 1. The highest BCUT2D eigenvalue weighted by molar-refractivity contribution is 5.76. The molecular weight excluding hydrogens is 218 g/mol. The molecule has 5 heteroatoms. The maximum absolute atomic E-state index is 11.0. The van der Waals surface area contributed by atoms with E-state index in [9.17, 15) is 4.79 Å². The van der Waals surface area contributed by atoms with Crippen molar-refractivity contribution in [2.45, 2.75) is 13.3 Å². The summed E-state index contributed by atoms with van der Waals surface area (Å²) >= 11 is 0. The number of aromatic amines is 1. The Kier molecular flexibility index (Phi) is 3.49. The fourth-order valence-corrected chi connectivity index (χ4v) is 1.64. The van der Waals surface area contributed by atoms with Crippen LogP contribution in [-0.2, 0) is 0 Å². The predicted molar refractivity (Wildman–Crippen MR) is 68.2 cm³/mol. The van der Waals surface area contributed by atoms with Gasteiger partial charge < -0.3 is 15.5 Å². The van der Waals surface area contributed by atoms with Gasteiger partial charge in [0, 0.05) is 12.2 Å². The second kappa shape index (κ2) is 5.05. The first kappa shape index (κ1) is 11.7. The van der Waals surface area contributed by atoms with E-state index in [1.54, 1.807) is 6.07 Å². The Morgan fingerprint density at radius 3 is 3.12 bits per heavy atom. The van der Waals surface area contributed by atoms with Gasteiger partial charge in [0.1, 0.15) is 0 Å². The first-order valence-electron chi connectivity index (χ1n) is 5.76. The molecule has 0 aliphatic rings. The van der Waals surface area contributed by atoms with Crippen LogP contribution < -0.4 is 16.8 Å². The molecule has 1 atom stereocenters. The van der Waals surface area contributed by atoms with Crippen LogP contribution in [0.25, 0.3) is 11.1 Å². The number of H-pyrrole nitrogens is 1. The average molecular weight is 235 g/mol. The fourth-order valence-electron chi connectivity index (χ4n) is 1.64. The van der Waals surface area contributed by atoms with E-state index in [2.05, 4.69) is 17.2 Å².